The second-order valence-electron chi connectivity index (χ2n) is 4.68. The lowest BCUT2D eigenvalue weighted by molar-refractivity contribution is 0.0872. The Labute approximate surface area is 105 Å². The van der Waals surface area contributed by atoms with Crippen molar-refractivity contribution in [2.24, 2.45) is 5.92 Å². The molecule has 1 aliphatic carbocycles. The molecule has 5 heteroatoms. The fourth-order valence-electron chi connectivity index (χ4n) is 2.38. The number of nitrogens with zero attached hydrogens (tertiary/aromatic N) is 1. The van der Waals surface area contributed by atoms with Gasteiger partial charge in [-0.1, -0.05) is 12.8 Å². The van der Waals surface area contributed by atoms with Crippen LogP contribution in [0.2, 0.25) is 0 Å². The monoisotopic (exact) mass is 252 g/mol. The molecule has 18 heavy (non-hydrogen) atoms. The molecule has 2 rings (SSSR count). The highest BCUT2D eigenvalue weighted by atomic mass is 19.1. The van der Waals surface area contributed by atoms with Gasteiger partial charge in [0, 0.05) is 24.8 Å². The number of hydrogen-bond donors (Lipinski definition) is 2. The predicted molar refractivity (Wildman–Crippen MR) is 64.5 cm³/mol. The quantitative estimate of drug-likeness (QED) is 0.801. The van der Waals surface area contributed by atoms with E-state index < -0.39 is 5.95 Å². The first-order chi connectivity index (χ1) is 8.70. The van der Waals surface area contributed by atoms with E-state index in [-0.39, 0.29) is 24.5 Å². The van der Waals surface area contributed by atoms with Gasteiger partial charge in [0.15, 0.2) is 0 Å². The molecule has 2 unspecified atom stereocenters. The first-order valence-corrected chi connectivity index (χ1v) is 6.24. The SMILES string of the molecule is O=C(NC1CCCCC1CO)c1ccc(F)nc1. The Morgan fingerprint density at radius 2 is 2.22 bits per heavy atom. The lowest BCUT2D eigenvalue weighted by Gasteiger charge is -2.30. The maximum Gasteiger partial charge on any atom is 0.253 e. The summed E-state index contributed by atoms with van der Waals surface area (Å²) in [5, 5.41) is 12.2. The van der Waals surface area contributed by atoms with Crippen molar-refractivity contribution in [3.05, 3.63) is 29.8 Å². The summed E-state index contributed by atoms with van der Waals surface area (Å²) in [6.07, 6.45) is 5.19. The number of aliphatic hydroxyl groups excluding tert-OH is 1. The number of nitrogens with one attached hydrogen (secondary N) is 1. The van der Waals surface area contributed by atoms with Crippen LogP contribution in [0.15, 0.2) is 18.3 Å². The zero-order valence-corrected chi connectivity index (χ0v) is 10.1. The van der Waals surface area contributed by atoms with Gasteiger partial charge in [-0.25, -0.2) is 4.98 Å². The van der Waals surface area contributed by atoms with Crippen LogP contribution < -0.4 is 5.32 Å². The maximum absolute atomic E-state index is 12.6. The van der Waals surface area contributed by atoms with Crippen LogP contribution in [-0.2, 0) is 0 Å². The zero-order chi connectivity index (χ0) is 13.0. The van der Waals surface area contributed by atoms with Crippen LogP contribution in [0.3, 0.4) is 0 Å². The Hall–Kier alpha value is -1.49. The summed E-state index contributed by atoms with van der Waals surface area (Å²) >= 11 is 0. The van der Waals surface area contributed by atoms with Crippen molar-refractivity contribution in [2.45, 2.75) is 31.7 Å². The van der Waals surface area contributed by atoms with Crippen LogP contribution in [0.25, 0.3) is 0 Å². The third kappa shape index (κ3) is 3.04. The first-order valence-electron chi connectivity index (χ1n) is 6.24. The van der Waals surface area contributed by atoms with Crippen LogP contribution in [-0.4, -0.2) is 28.6 Å². The van der Waals surface area contributed by atoms with Crippen molar-refractivity contribution in [2.75, 3.05) is 6.61 Å². The summed E-state index contributed by atoms with van der Waals surface area (Å²) in [5.41, 5.74) is 0.346. The fraction of sp³-hybridized carbons (Fsp3) is 0.538. The average molecular weight is 252 g/mol. The molecule has 0 bridgehead atoms. The highest BCUT2D eigenvalue weighted by molar-refractivity contribution is 5.94. The lowest BCUT2D eigenvalue weighted by Crippen LogP contribution is -2.43. The second kappa shape index (κ2) is 5.91. The smallest absolute Gasteiger partial charge is 0.253 e. The third-order valence-corrected chi connectivity index (χ3v) is 3.45. The van der Waals surface area contributed by atoms with Gasteiger partial charge in [-0.15, -0.1) is 0 Å². The van der Waals surface area contributed by atoms with Gasteiger partial charge >= 0.3 is 0 Å². The topological polar surface area (TPSA) is 62.2 Å². The molecule has 1 saturated carbocycles. The predicted octanol–water partition coefficient (Wildman–Crippen LogP) is 1.50. The fourth-order valence-corrected chi connectivity index (χ4v) is 2.38. The molecule has 2 atom stereocenters. The van der Waals surface area contributed by atoms with Gasteiger partial charge in [-0.2, -0.15) is 4.39 Å². The summed E-state index contributed by atoms with van der Waals surface area (Å²) in [6, 6.07) is 2.58. The molecule has 0 aliphatic heterocycles. The third-order valence-electron chi connectivity index (χ3n) is 3.45. The Morgan fingerprint density at radius 1 is 1.44 bits per heavy atom. The number of aromatic nitrogens is 1. The lowest BCUT2D eigenvalue weighted by atomic mass is 9.85. The van der Waals surface area contributed by atoms with Gasteiger partial charge < -0.3 is 10.4 Å². The Balaban J connectivity index is 1.99. The van der Waals surface area contributed by atoms with Gasteiger partial charge in [-0.3, -0.25) is 4.79 Å². The summed E-state index contributed by atoms with van der Waals surface area (Å²) in [4.78, 5) is 15.4. The van der Waals surface area contributed by atoms with Crippen LogP contribution in [0.5, 0.6) is 0 Å². The van der Waals surface area contributed by atoms with Crippen molar-refractivity contribution in [3.63, 3.8) is 0 Å². The number of aliphatic hydroxyl groups is 1. The van der Waals surface area contributed by atoms with E-state index in [1.807, 2.05) is 0 Å². The zero-order valence-electron chi connectivity index (χ0n) is 10.1. The highest BCUT2D eigenvalue weighted by Gasteiger charge is 2.26. The molecule has 0 aromatic carbocycles. The van der Waals surface area contributed by atoms with E-state index in [0.717, 1.165) is 25.7 Å². The minimum absolute atomic E-state index is 0.00121. The summed E-state index contributed by atoms with van der Waals surface area (Å²) < 4.78 is 12.6. The largest absolute Gasteiger partial charge is 0.396 e. The number of carbonyl (C=O) groups is 1. The molecule has 1 aromatic rings. The Kier molecular flexibility index (Phi) is 4.25. The molecule has 1 heterocycles. The first kappa shape index (κ1) is 13.0. The summed E-state index contributed by atoms with van der Waals surface area (Å²) in [7, 11) is 0. The van der Waals surface area contributed by atoms with E-state index in [0.29, 0.717) is 5.56 Å². The van der Waals surface area contributed by atoms with Gasteiger partial charge in [0.2, 0.25) is 5.95 Å². The molecule has 1 fully saturated rings. The molecule has 0 spiro atoms. The Bertz CT molecular complexity index is 408. The number of hydrogen-bond acceptors (Lipinski definition) is 3. The minimum Gasteiger partial charge on any atom is -0.396 e. The molecular weight excluding hydrogens is 235 g/mol. The van der Waals surface area contributed by atoms with E-state index >= 15 is 0 Å². The molecule has 1 aromatic heterocycles. The standard InChI is InChI=1S/C13H17FN2O2/c14-12-6-5-9(7-15-12)13(18)16-11-4-2-1-3-10(11)8-17/h5-7,10-11,17H,1-4,8H2,(H,16,18). The van der Waals surface area contributed by atoms with Gasteiger partial charge in [0.25, 0.3) is 5.91 Å². The molecule has 0 saturated heterocycles. The Morgan fingerprint density at radius 3 is 2.89 bits per heavy atom. The number of rotatable bonds is 3. The molecule has 1 amide bonds. The molecule has 2 N–H and O–H groups in total. The van der Waals surface area contributed by atoms with Crippen molar-refractivity contribution in [1.29, 1.82) is 0 Å². The van der Waals surface area contributed by atoms with Crippen LogP contribution in [0.1, 0.15) is 36.0 Å². The van der Waals surface area contributed by atoms with E-state index in [1.165, 1.54) is 18.3 Å². The van der Waals surface area contributed by atoms with Crippen molar-refractivity contribution >= 4 is 5.91 Å². The summed E-state index contributed by atoms with van der Waals surface area (Å²) in [5.74, 6) is -0.735. The second-order valence-corrected chi connectivity index (χ2v) is 4.68. The van der Waals surface area contributed by atoms with E-state index in [2.05, 4.69) is 10.3 Å². The average Bonchev–Trinajstić information content (AvgIpc) is 2.40. The number of pyridine rings is 1. The number of carbonyl (C=O) groups excluding carboxylic acids is 1. The van der Waals surface area contributed by atoms with E-state index in [9.17, 15) is 14.3 Å². The van der Waals surface area contributed by atoms with E-state index in [1.54, 1.807) is 0 Å². The van der Waals surface area contributed by atoms with Crippen molar-refractivity contribution in [1.82, 2.24) is 10.3 Å². The molecule has 0 radical (unpaired) electrons. The molecule has 4 nitrogen and oxygen atoms in total. The number of halogens is 1. The molecule has 98 valence electrons. The van der Waals surface area contributed by atoms with Crippen LogP contribution in [0.4, 0.5) is 4.39 Å². The van der Waals surface area contributed by atoms with Crippen LogP contribution >= 0.6 is 0 Å². The summed E-state index contributed by atoms with van der Waals surface area (Å²) in [6.45, 7) is 0.0899. The maximum atomic E-state index is 12.6. The van der Waals surface area contributed by atoms with Gasteiger partial charge in [0.05, 0.1) is 5.56 Å². The molecule has 1 aliphatic rings. The van der Waals surface area contributed by atoms with Gasteiger partial charge in [-0.05, 0) is 25.0 Å². The normalized spacial score (nSPS) is 23.7. The van der Waals surface area contributed by atoms with Crippen molar-refractivity contribution < 1.29 is 14.3 Å². The highest BCUT2D eigenvalue weighted by Crippen LogP contribution is 2.24. The van der Waals surface area contributed by atoms with E-state index in [4.69, 9.17) is 0 Å². The number of amides is 1. The van der Waals surface area contributed by atoms with Crippen LogP contribution in [0, 0.1) is 11.9 Å². The van der Waals surface area contributed by atoms with Crippen molar-refractivity contribution in [3.8, 4) is 0 Å². The molecular formula is C13H17FN2O2. The van der Waals surface area contributed by atoms with Gasteiger partial charge in [0.1, 0.15) is 0 Å². The minimum atomic E-state index is -0.600.